The van der Waals surface area contributed by atoms with E-state index < -0.39 is 33.3 Å². The van der Waals surface area contributed by atoms with Crippen LogP contribution in [0.25, 0.3) is 0 Å². The fraction of sp³-hybridized carbons (Fsp3) is 1.00. The molecule has 0 aromatic heterocycles. The van der Waals surface area contributed by atoms with Crippen LogP contribution in [-0.2, 0) is 13.9 Å². The topological polar surface area (TPSA) is 136 Å². The highest BCUT2D eigenvalue weighted by molar-refractivity contribution is 7.80. The van der Waals surface area contributed by atoms with E-state index in [1.807, 2.05) is 6.92 Å². The maximum atomic E-state index is 11.3. The molecule has 1 heterocycles. The van der Waals surface area contributed by atoms with E-state index in [0.717, 1.165) is 6.54 Å². The first-order valence-corrected chi connectivity index (χ1v) is 10.1. The summed E-state index contributed by atoms with van der Waals surface area (Å²) in [4.78, 5) is 36.1. The van der Waals surface area contributed by atoms with Crippen molar-refractivity contribution in [1.82, 2.24) is 5.32 Å². The summed E-state index contributed by atoms with van der Waals surface area (Å²) in [7, 11) is -9.32. The van der Waals surface area contributed by atoms with Gasteiger partial charge in [-0.25, -0.2) is 0 Å². The second kappa shape index (κ2) is 7.22. The molecule has 4 atom stereocenters. The zero-order valence-corrected chi connectivity index (χ0v) is 13.7. The molecular formula is C9H21NO7P2S. The molecule has 5 N–H and O–H groups in total. The third-order valence-corrected chi connectivity index (χ3v) is 5.72. The monoisotopic (exact) mass is 349 g/mol. The van der Waals surface area contributed by atoms with Gasteiger partial charge >= 0.3 is 15.2 Å². The van der Waals surface area contributed by atoms with E-state index in [1.165, 1.54) is 0 Å². The molecule has 0 saturated carbocycles. The lowest BCUT2D eigenvalue weighted by molar-refractivity contribution is 0.000437. The molecule has 1 saturated heterocycles. The van der Waals surface area contributed by atoms with Crippen LogP contribution in [0.15, 0.2) is 0 Å². The standard InChI is InChI=1S/C9H21NO7P2S/c1-6(20)7-2-8(4-10-3-7)17-9(19(14,15)16)5-18(11,12)13/h6-10,20H,2-5H2,1H3,(H2,11,12,13)(H2,14,15,16). The molecule has 8 nitrogen and oxygen atoms in total. The van der Waals surface area contributed by atoms with Crippen molar-refractivity contribution in [2.24, 2.45) is 5.92 Å². The van der Waals surface area contributed by atoms with Gasteiger partial charge < -0.3 is 29.6 Å². The molecule has 120 valence electrons. The molecule has 1 aliphatic rings. The summed E-state index contributed by atoms with van der Waals surface area (Å²) >= 11 is 4.32. The number of nitrogens with one attached hydrogen (secondary N) is 1. The molecule has 20 heavy (non-hydrogen) atoms. The summed E-state index contributed by atoms with van der Waals surface area (Å²) in [6.45, 7) is 3.02. The molecule has 0 bridgehead atoms. The maximum Gasteiger partial charge on any atom is 0.354 e. The Kier molecular flexibility index (Phi) is 6.72. The minimum absolute atomic E-state index is 0.0872. The third-order valence-electron chi connectivity index (χ3n) is 3.15. The third kappa shape index (κ3) is 6.56. The van der Waals surface area contributed by atoms with Crippen LogP contribution in [0.3, 0.4) is 0 Å². The van der Waals surface area contributed by atoms with Gasteiger partial charge in [-0.3, -0.25) is 9.13 Å². The van der Waals surface area contributed by atoms with Crippen LogP contribution in [0.4, 0.5) is 0 Å². The Hall–Kier alpha value is 0.570. The number of rotatable bonds is 6. The van der Waals surface area contributed by atoms with Crippen molar-refractivity contribution in [1.29, 1.82) is 0 Å². The molecule has 0 aromatic carbocycles. The lowest BCUT2D eigenvalue weighted by Crippen LogP contribution is -2.45. The highest BCUT2D eigenvalue weighted by atomic mass is 32.1. The molecule has 1 rings (SSSR count). The molecule has 4 unspecified atom stereocenters. The second-order valence-corrected chi connectivity index (χ2v) is 9.31. The van der Waals surface area contributed by atoms with Crippen LogP contribution in [0, 0.1) is 5.92 Å². The van der Waals surface area contributed by atoms with Gasteiger partial charge in [-0.05, 0) is 18.9 Å². The molecule has 11 heteroatoms. The highest BCUT2D eigenvalue weighted by Crippen LogP contribution is 2.50. The van der Waals surface area contributed by atoms with Crippen molar-refractivity contribution in [3.63, 3.8) is 0 Å². The molecule has 0 radical (unpaired) electrons. The normalized spacial score (nSPS) is 28.1. The van der Waals surface area contributed by atoms with Gasteiger partial charge in [0.25, 0.3) is 0 Å². The Morgan fingerprint density at radius 1 is 1.30 bits per heavy atom. The van der Waals surface area contributed by atoms with Crippen LogP contribution in [0.2, 0.25) is 0 Å². The van der Waals surface area contributed by atoms with E-state index in [4.69, 9.17) is 24.3 Å². The first kappa shape index (κ1) is 18.6. The predicted octanol–water partition coefficient (Wildman–Crippen LogP) is -0.0191. The number of hydrogen-bond acceptors (Lipinski definition) is 5. The lowest BCUT2D eigenvalue weighted by Gasteiger charge is -2.34. The zero-order chi connectivity index (χ0) is 15.6. The Morgan fingerprint density at radius 3 is 2.35 bits per heavy atom. The van der Waals surface area contributed by atoms with Crippen molar-refractivity contribution in [3.8, 4) is 0 Å². The molecule has 1 aliphatic heterocycles. The van der Waals surface area contributed by atoms with E-state index in [-0.39, 0.29) is 11.2 Å². The van der Waals surface area contributed by atoms with Crippen molar-refractivity contribution in [2.45, 2.75) is 30.5 Å². The maximum absolute atomic E-state index is 11.3. The second-order valence-electron chi connectivity index (χ2n) is 5.04. The quantitative estimate of drug-likeness (QED) is 0.291. The molecule has 0 aliphatic carbocycles. The Morgan fingerprint density at radius 2 is 1.90 bits per heavy atom. The van der Waals surface area contributed by atoms with Crippen LogP contribution >= 0.6 is 27.8 Å². The number of thiol groups is 1. The van der Waals surface area contributed by atoms with Gasteiger partial charge in [0, 0.05) is 11.8 Å². The van der Waals surface area contributed by atoms with Crippen LogP contribution in [0.5, 0.6) is 0 Å². The van der Waals surface area contributed by atoms with Gasteiger partial charge in [-0.1, -0.05) is 6.92 Å². The van der Waals surface area contributed by atoms with Crippen molar-refractivity contribution < 1.29 is 33.4 Å². The predicted molar refractivity (Wildman–Crippen MR) is 77.0 cm³/mol. The molecule has 0 amide bonds. The van der Waals surface area contributed by atoms with Gasteiger partial charge in [0.2, 0.25) is 0 Å². The van der Waals surface area contributed by atoms with E-state index in [2.05, 4.69) is 17.9 Å². The van der Waals surface area contributed by atoms with Gasteiger partial charge in [0.05, 0.1) is 12.3 Å². The average molecular weight is 349 g/mol. The molecular weight excluding hydrogens is 328 g/mol. The van der Waals surface area contributed by atoms with Crippen LogP contribution in [-0.4, -0.2) is 56.0 Å². The summed E-state index contributed by atoms with van der Waals surface area (Å²) in [5.74, 6) is -1.62. The van der Waals surface area contributed by atoms with Crippen molar-refractivity contribution >= 4 is 27.8 Å². The fourth-order valence-corrected chi connectivity index (χ4v) is 4.60. The largest absolute Gasteiger partial charge is 0.360 e. The number of piperidine rings is 1. The Balaban J connectivity index is 2.70. The molecule has 0 aromatic rings. The van der Waals surface area contributed by atoms with Crippen LogP contribution < -0.4 is 5.32 Å². The minimum atomic E-state index is -4.74. The number of ether oxygens (including phenoxy) is 1. The SMILES string of the molecule is CC(S)C1CNCC(OC(CP(=O)(O)O)P(=O)(O)O)C1. The fourth-order valence-electron chi connectivity index (χ4n) is 2.06. The summed E-state index contributed by atoms with van der Waals surface area (Å²) in [5.41, 5.74) is 0. The highest BCUT2D eigenvalue weighted by Gasteiger charge is 2.38. The summed E-state index contributed by atoms with van der Waals surface area (Å²) in [6.07, 6.45) is -0.961. The number of hydrogen-bond donors (Lipinski definition) is 6. The summed E-state index contributed by atoms with van der Waals surface area (Å²) in [5, 5.41) is 3.15. The minimum Gasteiger partial charge on any atom is -0.360 e. The smallest absolute Gasteiger partial charge is 0.354 e. The zero-order valence-electron chi connectivity index (χ0n) is 11.0. The Labute approximate surface area is 123 Å². The van der Waals surface area contributed by atoms with Crippen LogP contribution in [0.1, 0.15) is 13.3 Å². The molecule has 0 spiro atoms. The van der Waals surface area contributed by atoms with Crippen molar-refractivity contribution in [3.05, 3.63) is 0 Å². The van der Waals surface area contributed by atoms with E-state index in [9.17, 15) is 9.13 Å². The summed E-state index contributed by atoms with van der Waals surface area (Å²) in [6, 6.07) is 0. The van der Waals surface area contributed by atoms with E-state index in [0.29, 0.717) is 13.0 Å². The Bertz CT molecular complexity index is 409. The summed E-state index contributed by atoms with van der Waals surface area (Å²) < 4.78 is 27.5. The van der Waals surface area contributed by atoms with E-state index >= 15 is 0 Å². The molecule has 1 fully saturated rings. The first-order valence-electron chi connectivity index (χ1n) is 6.13. The van der Waals surface area contributed by atoms with Gasteiger partial charge in [-0.15, -0.1) is 0 Å². The average Bonchev–Trinajstić information content (AvgIpc) is 2.25. The van der Waals surface area contributed by atoms with Gasteiger partial charge in [-0.2, -0.15) is 12.6 Å². The van der Waals surface area contributed by atoms with E-state index in [1.54, 1.807) is 0 Å². The lowest BCUT2D eigenvalue weighted by atomic mass is 9.95. The van der Waals surface area contributed by atoms with Gasteiger partial charge in [0.1, 0.15) is 0 Å². The first-order chi connectivity index (χ1) is 8.99. The van der Waals surface area contributed by atoms with Gasteiger partial charge in [0.15, 0.2) is 5.85 Å². The van der Waals surface area contributed by atoms with Crippen molar-refractivity contribution in [2.75, 3.05) is 19.3 Å².